The maximum absolute atomic E-state index is 11.5. The summed E-state index contributed by atoms with van der Waals surface area (Å²) in [5, 5.41) is 13.5. The van der Waals surface area contributed by atoms with Gasteiger partial charge in [-0.15, -0.1) is 0 Å². The molecule has 0 bridgehead atoms. The number of amides is 2. The second kappa shape index (κ2) is 8.69. The first kappa shape index (κ1) is 15.7. The Morgan fingerprint density at radius 2 is 2.15 bits per heavy atom. The number of aryl methyl sites for hydroxylation is 1. The van der Waals surface area contributed by atoms with Crippen molar-refractivity contribution in [1.82, 2.24) is 15.3 Å². The molecule has 1 aromatic rings. The van der Waals surface area contributed by atoms with E-state index in [1.807, 2.05) is 0 Å². The van der Waals surface area contributed by atoms with Crippen molar-refractivity contribution in [2.45, 2.75) is 39.0 Å². The van der Waals surface area contributed by atoms with Gasteiger partial charge in [0.1, 0.15) is 0 Å². The van der Waals surface area contributed by atoms with E-state index < -0.39 is 6.03 Å². The number of hydrogen-bond donors (Lipinski definition) is 3. The summed E-state index contributed by atoms with van der Waals surface area (Å²) in [5.41, 5.74) is 0.242. The Bertz CT molecular complexity index is 532. The van der Waals surface area contributed by atoms with E-state index >= 15 is 0 Å². The molecule has 0 aromatic carbocycles. The van der Waals surface area contributed by atoms with Gasteiger partial charge in [-0.25, -0.2) is 9.78 Å². The van der Waals surface area contributed by atoms with Crippen LogP contribution in [0.3, 0.4) is 0 Å². The normalized spacial score (nSPS) is 9.80. The summed E-state index contributed by atoms with van der Waals surface area (Å²) in [7, 11) is 0. The van der Waals surface area contributed by atoms with E-state index in [0.717, 1.165) is 25.7 Å². The third kappa shape index (κ3) is 6.54. The summed E-state index contributed by atoms with van der Waals surface area (Å²) in [6.45, 7) is 2.23. The Morgan fingerprint density at radius 3 is 2.85 bits per heavy atom. The molecule has 7 heteroatoms. The molecule has 108 valence electrons. The number of nitrogens with one attached hydrogen (secondary N) is 3. The average Bonchev–Trinajstić information content (AvgIpc) is 2.36. The van der Waals surface area contributed by atoms with Crippen LogP contribution >= 0.6 is 0 Å². The second-order valence-corrected chi connectivity index (χ2v) is 4.44. The first-order chi connectivity index (χ1) is 9.61. The molecule has 0 radical (unpaired) electrons. The number of H-pyrrole nitrogens is 1. The summed E-state index contributed by atoms with van der Waals surface area (Å²) >= 11 is 0. The zero-order valence-corrected chi connectivity index (χ0v) is 11.5. The molecule has 20 heavy (non-hydrogen) atoms. The number of anilines is 1. The van der Waals surface area contributed by atoms with Gasteiger partial charge in [-0.05, 0) is 19.8 Å². The van der Waals surface area contributed by atoms with E-state index in [4.69, 9.17) is 5.26 Å². The third-order valence-electron chi connectivity index (χ3n) is 2.60. The van der Waals surface area contributed by atoms with E-state index in [0.29, 0.717) is 18.7 Å². The minimum Gasteiger partial charge on any atom is -0.338 e. The first-order valence-electron chi connectivity index (χ1n) is 6.61. The van der Waals surface area contributed by atoms with E-state index in [9.17, 15) is 9.59 Å². The molecule has 0 aliphatic carbocycles. The van der Waals surface area contributed by atoms with Crippen LogP contribution in [0.25, 0.3) is 0 Å². The van der Waals surface area contributed by atoms with Crippen LogP contribution in [-0.4, -0.2) is 22.5 Å². The quantitative estimate of drug-likeness (QED) is 0.658. The standard InChI is InChI=1S/C13H19N5O2/c1-10-9-11(19)17-12(16-10)18-13(20)15-8-6-4-2-3-5-7-14/h9H,2-6,8H2,1H3,(H3,15,16,17,18,19,20). The van der Waals surface area contributed by atoms with Crippen LogP contribution in [0.1, 0.15) is 37.8 Å². The summed E-state index contributed by atoms with van der Waals surface area (Å²) in [6, 6.07) is 3.06. The molecule has 2 amide bonds. The van der Waals surface area contributed by atoms with Gasteiger partial charge in [0.05, 0.1) is 6.07 Å². The molecule has 1 aromatic heterocycles. The molecule has 0 saturated carbocycles. The van der Waals surface area contributed by atoms with E-state index in [1.165, 1.54) is 6.07 Å². The van der Waals surface area contributed by atoms with Gasteiger partial charge < -0.3 is 5.32 Å². The van der Waals surface area contributed by atoms with Crippen molar-refractivity contribution < 1.29 is 4.79 Å². The fourth-order valence-corrected chi connectivity index (χ4v) is 1.67. The van der Waals surface area contributed by atoms with Crippen molar-refractivity contribution in [3.05, 3.63) is 22.1 Å². The van der Waals surface area contributed by atoms with Crippen molar-refractivity contribution in [2.75, 3.05) is 11.9 Å². The zero-order valence-electron chi connectivity index (χ0n) is 11.5. The molecule has 0 aliphatic rings. The number of nitrogens with zero attached hydrogens (tertiary/aromatic N) is 2. The number of nitriles is 1. The Balaban J connectivity index is 2.20. The van der Waals surface area contributed by atoms with Gasteiger partial charge in [0, 0.05) is 24.7 Å². The number of aromatic nitrogens is 2. The highest BCUT2D eigenvalue weighted by Gasteiger charge is 2.03. The maximum Gasteiger partial charge on any atom is 0.321 e. The Morgan fingerprint density at radius 1 is 1.40 bits per heavy atom. The number of rotatable bonds is 7. The van der Waals surface area contributed by atoms with E-state index in [-0.39, 0.29) is 11.5 Å². The topological polar surface area (TPSA) is 111 Å². The monoisotopic (exact) mass is 277 g/mol. The van der Waals surface area contributed by atoms with Gasteiger partial charge in [-0.1, -0.05) is 12.8 Å². The van der Waals surface area contributed by atoms with Gasteiger partial charge in [0.15, 0.2) is 0 Å². The van der Waals surface area contributed by atoms with E-state index in [1.54, 1.807) is 6.92 Å². The van der Waals surface area contributed by atoms with Crippen molar-refractivity contribution in [3.8, 4) is 6.07 Å². The van der Waals surface area contributed by atoms with Crippen LogP contribution in [0.2, 0.25) is 0 Å². The van der Waals surface area contributed by atoms with Crippen LogP contribution < -0.4 is 16.2 Å². The lowest BCUT2D eigenvalue weighted by molar-refractivity contribution is 0.251. The van der Waals surface area contributed by atoms with Crippen LogP contribution in [0.4, 0.5) is 10.7 Å². The molecule has 0 atom stereocenters. The maximum atomic E-state index is 11.5. The van der Waals surface area contributed by atoms with Crippen molar-refractivity contribution in [1.29, 1.82) is 5.26 Å². The van der Waals surface area contributed by atoms with Gasteiger partial charge in [-0.3, -0.25) is 15.1 Å². The van der Waals surface area contributed by atoms with Gasteiger partial charge in [0.25, 0.3) is 5.56 Å². The second-order valence-electron chi connectivity index (χ2n) is 4.44. The Kier molecular flexibility index (Phi) is 6.82. The zero-order chi connectivity index (χ0) is 14.8. The number of unbranched alkanes of at least 4 members (excludes halogenated alkanes) is 4. The van der Waals surface area contributed by atoms with Crippen LogP contribution in [0.15, 0.2) is 10.9 Å². The minimum absolute atomic E-state index is 0.140. The molecule has 0 fully saturated rings. The number of urea groups is 1. The van der Waals surface area contributed by atoms with Crippen molar-refractivity contribution in [3.63, 3.8) is 0 Å². The van der Waals surface area contributed by atoms with Crippen LogP contribution in [0, 0.1) is 18.3 Å². The fourth-order valence-electron chi connectivity index (χ4n) is 1.67. The van der Waals surface area contributed by atoms with Crippen molar-refractivity contribution in [2.24, 2.45) is 0 Å². The number of aromatic amines is 1. The fraction of sp³-hybridized carbons (Fsp3) is 0.538. The largest absolute Gasteiger partial charge is 0.338 e. The summed E-state index contributed by atoms with van der Waals surface area (Å²) < 4.78 is 0. The van der Waals surface area contributed by atoms with E-state index in [2.05, 4.69) is 26.7 Å². The number of hydrogen-bond acceptors (Lipinski definition) is 4. The highest BCUT2D eigenvalue weighted by molar-refractivity contribution is 5.87. The molecule has 0 spiro atoms. The van der Waals surface area contributed by atoms with Crippen molar-refractivity contribution >= 4 is 12.0 Å². The smallest absolute Gasteiger partial charge is 0.321 e. The van der Waals surface area contributed by atoms with Crippen LogP contribution in [-0.2, 0) is 0 Å². The highest BCUT2D eigenvalue weighted by atomic mass is 16.2. The molecule has 1 heterocycles. The first-order valence-corrected chi connectivity index (χ1v) is 6.61. The molecular formula is C13H19N5O2. The number of carbonyl (C=O) groups excluding carboxylic acids is 1. The molecule has 0 aliphatic heterocycles. The molecule has 1 rings (SSSR count). The number of carbonyl (C=O) groups is 1. The lowest BCUT2D eigenvalue weighted by Crippen LogP contribution is -2.31. The summed E-state index contributed by atoms with van der Waals surface area (Å²) in [5.74, 6) is 0.140. The Labute approximate surface area is 117 Å². The molecule has 0 saturated heterocycles. The highest BCUT2D eigenvalue weighted by Crippen LogP contribution is 2.01. The molecule has 3 N–H and O–H groups in total. The lowest BCUT2D eigenvalue weighted by atomic mass is 10.1. The van der Waals surface area contributed by atoms with Gasteiger partial charge in [-0.2, -0.15) is 5.26 Å². The minimum atomic E-state index is -0.393. The van der Waals surface area contributed by atoms with Gasteiger partial charge in [0.2, 0.25) is 5.95 Å². The SMILES string of the molecule is Cc1cc(=O)[nH]c(NC(=O)NCCCCCCC#N)n1. The lowest BCUT2D eigenvalue weighted by Gasteiger charge is -2.06. The predicted octanol–water partition coefficient (Wildman–Crippen LogP) is 1.67. The predicted molar refractivity (Wildman–Crippen MR) is 75.3 cm³/mol. The molecule has 7 nitrogen and oxygen atoms in total. The molecule has 0 unspecified atom stereocenters. The summed E-state index contributed by atoms with van der Waals surface area (Å²) in [6.07, 6.45) is 4.30. The molecular weight excluding hydrogens is 258 g/mol. The van der Waals surface area contributed by atoms with Crippen LogP contribution in [0.5, 0.6) is 0 Å². The Hall–Kier alpha value is -2.36. The average molecular weight is 277 g/mol. The summed E-state index contributed by atoms with van der Waals surface area (Å²) in [4.78, 5) is 29.2. The van der Waals surface area contributed by atoms with Gasteiger partial charge >= 0.3 is 6.03 Å². The third-order valence-corrected chi connectivity index (χ3v) is 2.60.